The Bertz CT molecular complexity index is 2200. The highest BCUT2D eigenvalue weighted by atomic mass is 32.1. The summed E-state index contributed by atoms with van der Waals surface area (Å²) in [7, 11) is 0.724. The quantitative estimate of drug-likeness (QED) is 0.0747. The Morgan fingerprint density at radius 2 is 1.26 bits per heavy atom. The zero-order chi connectivity index (χ0) is 49.0. The standard InChI is InChI=1S/C49H60F3N3O10S/c1-31(2)38(55(44(59)64-46(4,5)6)45(60)65-47(7,8)9)28-39(63-43(58)48(61-10,49(50,51)52)35-24-18-13-19-25-35)41-54-37(30-66-41)40(56)53-36(27-33-20-14-11-15-21-33)26-32(3)42(57)62-29-34-22-16-12-17-23-34/h11-25,30-32,36,38-39H,26-29H2,1-10H3,(H,53,56)/t32-,36+,38+,39-,48+/m0/s1. The van der Waals surface area contributed by atoms with E-state index < -0.39 is 95.0 Å². The molecule has 0 unspecified atom stereocenters. The number of ether oxygens (including phenoxy) is 5. The third kappa shape index (κ3) is 14.6. The fraction of sp³-hybridized carbons (Fsp3) is 0.469. The van der Waals surface area contributed by atoms with Gasteiger partial charge in [0.1, 0.15) is 28.5 Å². The lowest BCUT2D eigenvalue weighted by molar-refractivity contribution is -0.278. The van der Waals surface area contributed by atoms with Gasteiger partial charge in [-0.25, -0.2) is 24.3 Å². The maximum atomic E-state index is 15.2. The number of rotatable bonds is 18. The smallest absolute Gasteiger partial charge is 0.432 e. The molecule has 4 rings (SSSR count). The number of thiazole rings is 1. The van der Waals surface area contributed by atoms with Crippen LogP contribution in [0.5, 0.6) is 0 Å². The molecule has 13 nitrogen and oxygen atoms in total. The third-order valence-corrected chi connectivity index (χ3v) is 11.1. The van der Waals surface area contributed by atoms with E-state index in [9.17, 15) is 24.0 Å². The molecular weight excluding hydrogens is 880 g/mol. The largest absolute Gasteiger partial charge is 0.461 e. The summed E-state index contributed by atoms with van der Waals surface area (Å²) >= 11 is 0.810. The summed E-state index contributed by atoms with van der Waals surface area (Å²) in [6, 6.07) is 22.8. The molecule has 0 bridgehead atoms. The maximum absolute atomic E-state index is 15.2. The van der Waals surface area contributed by atoms with Gasteiger partial charge in [-0.1, -0.05) is 112 Å². The normalized spacial score (nSPS) is 14.8. The van der Waals surface area contributed by atoms with Crippen LogP contribution in [0.15, 0.2) is 96.4 Å². The lowest BCUT2D eigenvalue weighted by Gasteiger charge is -2.37. The Morgan fingerprint density at radius 3 is 1.74 bits per heavy atom. The zero-order valence-electron chi connectivity index (χ0n) is 39.0. The van der Waals surface area contributed by atoms with Gasteiger partial charge in [0.25, 0.3) is 11.5 Å². The van der Waals surface area contributed by atoms with Crippen LogP contribution < -0.4 is 5.32 Å². The number of nitrogens with zero attached hydrogens (tertiary/aromatic N) is 2. The van der Waals surface area contributed by atoms with Gasteiger partial charge in [0.2, 0.25) is 0 Å². The molecule has 0 radical (unpaired) electrons. The van der Waals surface area contributed by atoms with E-state index >= 15 is 13.2 Å². The summed E-state index contributed by atoms with van der Waals surface area (Å²) in [4.78, 5) is 74.4. The molecule has 3 aromatic carbocycles. The molecule has 1 N–H and O–H groups in total. The number of hydrogen-bond acceptors (Lipinski definition) is 12. The SMILES string of the molecule is CO[C@@](C(=O)O[C@@H](C[C@H](C(C)C)N(C(=O)OC(C)(C)C)C(=O)OC(C)(C)C)c1nc(C(=O)N[C@@H](Cc2ccccc2)C[C@H](C)C(=O)OCc2ccccc2)cs1)(c1ccccc1)C(F)(F)F. The minimum Gasteiger partial charge on any atom is -0.461 e. The fourth-order valence-corrected chi connectivity index (χ4v) is 7.79. The van der Waals surface area contributed by atoms with Crippen LogP contribution in [0.2, 0.25) is 0 Å². The van der Waals surface area contributed by atoms with E-state index in [2.05, 4.69) is 10.3 Å². The summed E-state index contributed by atoms with van der Waals surface area (Å²) < 4.78 is 73.2. The number of nitrogens with one attached hydrogen (secondary N) is 1. The number of hydrogen-bond donors (Lipinski definition) is 1. The van der Waals surface area contributed by atoms with Crippen molar-refractivity contribution in [3.8, 4) is 0 Å². The van der Waals surface area contributed by atoms with Gasteiger partial charge in [-0.15, -0.1) is 11.3 Å². The number of benzene rings is 3. The lowest BCUT2D eigenvalue weighted by atomic mass is 9.92. The topological polar surface area (TPSA) is 160 Å². The van der Waals surface area contributed by atoms with Crippen molar-refractivity contribution in [1.29, 1.82) is 0 Å². The highest BCUT2D eigenvalue weighted by Gasteiger charge is 2.64. The van der Waals surface area contributed by atoms with Crippen LogP contribution in [-0.4, -0.2) is 76.5 Å². The van der Waals surface area contributed by atoms with Crippen molar-refractivity contribution in [2.75, 3.05) is 7.11 Å². The van der Waals surface area contributed by atoms with Gasteiger partial charge in [0, 0.05) is 30.5 Å². The number of carbonyl (C=O) groups excluding carboxylic acids is 5. The Morgan fingerprint density at radius 1 is 0.742 bits per heavy atom. The first kappa shape index (κ1) is 52.8. The first-order valence-corrected chi connectivity index (χ1v) is 22.4. The highest BCUT2D eigenvalue weighted by Crippen LogP contribution is 2.45. The molecule has 0 aliphatic heterocycles. The van der Waals surface area contributed by atoms with Crippen molar-refractivity contribution in [3.63, 3.8) is 0 Å². The number of carbonyl (C=O) groups is 5. The van der Waals surface area contributed by atoms with Crippen molar-refractivity contribution in [2.24, 2.45) is 11.8 Å². The second kappa shape index (κ2) is 22.6. The van der Waals surface area contributed by atoms with Crippen LogP contribution in [0.4, 0.5) is 22.8 Å². The number of amides is 3. The molecule has 5 atom stereocenters. The first-order valence-electron chi connectivity index (χ1n) is 21.5. The molecule has 4 aromatic rings. The molecule has 17 heteroatoms. The monoisotopic (exact) mass is 939 g/mol. The Labute approximate surface area is 388 Å². The van der Waals surface area contributed by atoms with Crippen LogP contribution >= 0.6 is 11.3 Å². The summed E-state index contributed by atoms with van der Waals surface area (Å²) in [6.45, 7) is 14.6. The maximum Gasteiger partial charge on any atom is 0.432 e. The van der Waals surface area contributed by atoms with Crippen LogP contribution in [0.3, 0.4) is 0 Å². The molecular formula is C49H60F3N3O10S. The van der Waals surface area contributed by atoms with Crippen molar-refractivity contribution < 1.29 is 60.8 Å². The van der Waals surface area contributed by atoms with Crippen molar-refractivity contribution in [3.05, 3.63) is 124 Å². The molecule has 66 heavy (non-hydrogen) atoms. The number of halogens is 3. The van der Waals surface area contributed by atoms with Crippen LogP contribution in [0.25, 0.3) is 0 Å². The van der Waals surface area contributed by atoms with Crippen molar-refractivity contribution >= 4 is 41.4 Å². The minimum absolute atomic E-state index is 0.0673. The first-order chi connectivity index (χ1) is 30.8. The summed E-state index contributed by atoms with van der Waals surface area (Å²) in [5, 5.41) is 4.16. The molecule has 1 heterocycles. The number of aromatic nitrogens is 1. The van der Waals surface area contributed by atoms with Gasteiger partial charge in [-0.3, -0.25) is 9.59 Å². The van der Waals surface area contributed by atoms with E-state index in [-0.39, 0.29) is 23.7 Å². The van der Waals surface area contributed by atoms with Crippen molar-refractivity contribution in [2.45, 2.75) is 129 Å². The van der Waals surface area contributed by atoms with Gasteiger partial charge in [0.15, 0.2) is 6.10 Å². The molecule has 0 saturated carbocycles. The van der Waals surface area contributed by atoms with Gasteiger partial charge < -0.3 is 29.0 Å². The Balaban J connectivity index is 1.75. The van der Waals surface area contributed by atoms with Gasteiger partial charge >= 0.3 is 30.3 Å². The summed E-state index contributed by atoms with van der Waals surface area (Å²) in [5.74, 6) is -4.32. The Kier molecular flexibility index (Phi) is 18.1. The van der Waals surface area contributed by atoms with Gasteiger partial charge in [-0.05, 0) is 71.4 Å². The third-order valence-electron chi connectivity index (χ3n) is 10.1. The Hall–Kier alpha value is -5.81. The summed E-state index contributed by atoms with van der Waals surface area (Å²) in [6.07, 6.45) is -9.33. The molecule has 0 aliphatic carbocycles. The molecule has 0 spiro atoms. The second-order valence-electron chi connectivity index (χ2n) is 18.2. The molecule has 358 valence electrons. The van der Waals surface area contributed by atoms with Gasteiger partial charge in [0.05, 0.1) is 12.0 Å². The van der Waals surface area contributed by atoms with E-state index in [1.54, 1.807) is 62.3 Å². The molecule has 0 fully saturated rings. The minimum atomic E-state index is -5.35. The number of esters is 2. The van der Waals surface area contributed by atoms with E-state index in [1.165, 1.54) is 23.6 Å². The molecule has 0 aliphatic rings. The average Bonchev–Trinajstić information content (AvgIpc) is 3.73. The molecule has 1 aromatic heterocycles. The van der Waals surface area contributed by atoms with E-state index in [0.717, 1.165) is 41.7 Å². The van der Waals surface area contributed by atoms with Crippen molar-refractivity contribution in [1.82, 2.24) is 15.2 Å². The predicted molar refractivity (Wildman–Crippen MR) is 241 cm³/mol. The van der Waals surface area contributed by atoms with Crippen LogP contribution in [0.1, 0.15) is 113 Å². The van der Waals surface area contributed by atoms with E-state index in [0.29, 0.717) is 11.3 Å². The zero-order valence-corrected chi connectivity index (χ0v) is 39.8. The number of methoxy groups -OCH3 is 1. The second-order valence-corrected chi connectivity index (χ2v) is 19.1. The average molecular weight is 940 g/mol. The number of alkyl halides is 3. The fourth-order valence-electron chi connectivity index (χ4n) is 6.95. The molecule has 3 amide bonds. The number of imide groups is 1. The van der Waals surface area contributed by atoms with E-state index in [1.807, 2.05) is 60.7 Å². The van der Waals surface area contributed by atoms with Crippen LogP contribution in [0, 0.1) is 11.8 Å². The highest BCUT2D eigenvalue weighted by molar-refractivity contribution is 7.09. The summed E-state index contributed by atoms with van der Waals surface area (Å²) in [5.41, 5.74) is -4.90. The molecule has 0 saturated heterocycles. The van der Waals surface area contributed by atoms with Gasteiger partial charge in [-0.2, -0.15) is 13.2 Å². The predicted octanol–water partition coefficient (Wildman–Crippen LogP) is 10.5. The van der Waals surface area contributed by atoms with Crippen LogP contribution in [-0.2, 0) is 51.9 Å². The lowest BCUT2D eigenvalue weighted by Crippen LogP contribution is -2.53. The van der Waals surface area contributed by atoms with E-state index in [4.69, 9.17) is 23.7 Å².